The average molecular weight is 1040 g/mol. The van der Waals surface area contributed by atoms with Crippen molar-refractivity contribution in [2.24, 2.45) is 0 Å². The Morgan fingerprint density at radius 1 is 0.304 bits per heavy atom. The smallest absolute Gasteiger partial charge is 0.0462 e. The molecule has 0 unspecified atom stereocenters. The van der Waals surface area contributed by atoms with Gasteiger partial charge in [0.1, 0.15) is 0 Å². The van der Waals surface area contributed by atoms with Gasteiger partial charge in [0.05, 0.1) is 0 Å². The van der Waals surface area contributed by atoms with Crippen LogP contribution in [0.25, 0.3) is 35.4 Å². The van der Waals surface area contributed by atoms with Crippen LogP contribution in [0.4, 0.5) is 34.1 Å². The third kappa shape index (κ3) is 14.4. The first-order valence-electron chi connectivity index (χ1n) is 29.6. The summed E-state index contributed by atoms with van der Waals surface area (Å²) in [6.07, 6.45) is 28.1. The van der Waals surface area contributed by atoms with E-state index in [1.807, 2.05) is 0 Å². The van der Waals surface area contributed by atoms with Crippen molar-refractivity contribution in [1.29, 1.82) is 0 Å². The van der Waals surface area contributed by atoms with Gasteiger partial charge in [-0.15, -0.1) is 0 Å². The number of hydrogen-bond donors (Lipinski definition) is 0. The molecule has 0 atom stereocenters. The van der Waals surface area contributed by atoms with Gasteiger partial charge in [0.25, 0.3) is 0 Å². The zero-order valence-corrected chi connectivity index (χ0v) is 47.5. The summed E-state index contributed by atoms with van der Waals surface area (Å²) in [6.45, 7) is 8.99. The maximum Gasteiger partial charge on any atom is 0.0462 e. The van der Waals surface area contributed by atoms with Crippen LogP contribution in [0.1, 0.15) is 148 Å². The van der Waals surface area contributed by atoms with Gasteiger partial charge in [-0.2, -0.15) is 0 Å². The second-order valence-electron chi connectivity index (χ2n) is 21.6. The first-order valence-corrected chi connectivity index (χ1v) is 29.6. The zero-order chi connectivity index (χ0) is 54.5. The second-order valence-corrected chi connectivity index (χ2v) is 21.6. The standard InChI is InChI=1S/C48H40N2.C29H42/c1-37-35-42(30-24-40-27-33-48(34-28-40)50(45-19-11-5-12-20-45)46-21-13-6-14-22-46)38(2)36-41(37)29-23-39-25-31-47(32-26-39)49(43-15-7-3-8-16-43)44-17-9-4-10-18-44;1-3-5-7-9-11-17-23-29(24-18-12-10-8-6-4-2)27-21-15-13-19-25(27)26-20-14-16-22-28(26)29/h3-36H,1-2H3;13-16,19-22H,3-12,17-18,23-24H2,1-2H3/b29-23+,30-24+;. The molecule has 10 rings (SSSR count). The minimum Gasteiger partial charge on any atom is -0.311 e. The molecule has 0 radical (unpaired) electrons. The number of para-hydroxylation sites is 4. The van der Waals surface area contributed by atoms with E-state index in [1.165, 1.54) is 123 Å². The van der Waals surface area contributed by atoms with Gasteiger partial charge in [-0.3, -0.25) is 0 Å². The van der Waals surface area contributed by atoms with E-state index in [4.69, 9.17) is 0 Å². The van der Waals surface area contributed by atoms with Crippen LogP contribution < -0.4 is 9.80 Å². The van der Waals surface area contributed by atoms with Crippen molar-refractivity contribution < 1.29 is 0 Å². The normalized spacial score (nSPS) is 12.3. The molecule has 9 aromatic rings. The topological polar surface area (TPSA) is 6.48 Å². The fourth-order valence-electron chi connectivity index (χ4n) is 11.8. The van der Waals surface area contributed by atoms with Gasteiger partial charge in [0, 0.05) is 39.5 Å². The number of unbranched alkanes of at least 4 members (excludes halogenated alkanes) is 10. The molecule has 0 fully saturated rings. The number of benzene rings is 9. The zero-order valence-electron chi connectivity index (χ0n) is 47.5. The third-order valence-corrected chi connectivity index (χ3v) is 16.0. The molecular formula is C77H82N2. The van der Waals surface area contributed by atoms with Crippen molar-refractivity contribution >= 4 is 58.4 Å². The summed E-state index contributed by atoms with van der Waals surface area (Å²) in [5.41, 5.74) is 20.6. The molecule has 0 saturated carbocycles. The van der Waals surface area contributed by atoms with Gasteiger partial charge in [0.15, 0.2) is 0 Å². The summed E-state index contributed by atoms with van der Waals surface area (Å²) in [4.78, 5) is 4.57. The van der Waals surface area contributed by atoms with Crippen LogP contribution in [-0.4, -0.2) is 0 Å². The Labute approximate surface area is 474 Å². The Balaban J connectivity index is 0.000000222. The number of aryl methyl sites for hydroxylation is 2. The monoisotopic (exact) mass is 1030 g/mol. The molecule has 2 nitrogen and oxygen atoms in total. The van der Waals surface area contributed by atoms with Crippen molar-refractivity contribution in [3.63, 3.8) is 0 Å². The maximum atomic E-state index is 2.43. The Kier molecular flexibility index (Phi) is 20.2. The third-order valence-electron chi connectivity index (χ3n) is 16.0. The molecule has 79 heavy (non-hydrogen) atoms. The Hall–Kier alpha value is -7.94. The van der Waals surface area contributed by atoms with Crippen molar-refractivity contribution in [2.45, 2.75) is 123 Å². The molecule has 0 bridgehead atoms. The van der Waals surface area contributed by atoms with Crippen LogP contribution >= 0.6 is 0 Å². The molecule has 0 amide bonds. The van der Waals surface area contributed by atoms with Crippen molar-refractivity contribution in [3.8, 4) is 11.1 Å². The molecule has 1 aliphatic rings. The van der Waals surface area contributed by atoms with Crippen molar-refractivity contribution in [2.75, 3.05) is 9.80 Å². The van der Waals surface area contributed by atoms with E-state index in [1.54, 1.807) is 11.1 Å². The Bertz CT molecular complexity index is 3000. The number of fused-ring (bicyclic) bond motifs is 3. The molecule has 1 aliphatic carbocycles. The lowest BCUT2D eigenvalue weighted by atomic mass is 9.70. The first-order chi connectivity index (χ1) is 39.0. The summed E-state index contributed by atoms with van der Waals surface area (Å²) < 4.78 is 0. The molecule has 0 aromatic heterocycles. The highest BCUT2D eigenvalue weighted by Gasteiger charge is 2.41. The SMILES string of the molecule is CCCCCCCCC1(CCCCCCCC)c2ccccc2-c2ccccc21.Cc1cc(/C=C/c2ccc(N(c3ccccc3)c3ccccc3)cc2)c(C)cc1/C=C/c1ccc(N(c2ccccc2)c2ccccc2)cc1. The van der Waals surface area contributed by atoms with Crippen LogP contribution in [-0.2, 0) is 5.41 Å². The highest BCUT2D eigenvalue weighted by atomic mass is 15.1. The second kappa shape index (κ2) is 28.6. The van der Waals surface area contributed by atoms with Gasteiger partial charge in [-0.25, -0.2) is 0 Å². The summed E-state index contributed by atoms with van der Waals surface area (Å²) in [5, 5.41) is 0. The van der Waals surface area contributed by atoms with Gasteiger partial charge >= 0.3 is 0 Å². The molecule has 0 saturated heterocycles. The van der Waals surface area contributed by atoms with E-state index < -0.39 is 0 Å². The van der Waals surface area contributed by atoms with E-state index >= 15 is 0 Å². The predicted octanol–water partition coefficient (Wildman–Crippen LogP) is 23.0. The molecule has 0 spiro atoms. The van der Waals surface area contributed by atoms with E-state index in [0.717, 1.165) is 45.3 Å². The summed E-state index contributed by atoms with van der Waals surface area (Å²) in [6, 6.07) is 82.7. The number of hydrogen-bond acceptors (Lipinski definition) is 2. The van der Waals surface area contributed by atoms with Crippen molar-refractivity contribution in [1.82, 2.24) is 0 Å². The fraction of sp³-hybridized carbons (Fsp3) is 0.247. The Morgan fingerprint density at radius 3 is 0.937 bits per heavy atom. The fourth-order valence-corrected chi connectivity index (χ4v) is 11.8. The highest BCUT2D eigenvalue weighted by molar-refractivity contribution is 5.83. The lowest BCUT2D eigenvalue weighted by molar-refractivity contribution is 0.398. The number of nitrogens with zero attached hydrogens (tertiary/aromatic N) is 2. The molecular weight excluding hydrogens is 953 g/mol. The van der Waals surface area contributed by atoms with Crippen LogP contribution in [0, 0.1) is 13.8 Å². The summed E-state index contributed by atoms with van der Waals surface area (Å²) in [7, 11) is 0. The lowest BCUT2D eigenvalue weighted by Gasteiger charge is -2.33. The van der Waals surface area contributed by atoms with Gasteiger partial charge in [0.2, 0.25) is 0 Å². The van der Waals surface area contributed by atoms with Crippen LogP contribution in [0.3, 0.4) is 0 Å². The summed E-state index contributed by atoms with van der Waals surface area (Å²) in [5.74, 6) is 0. The molecule has 0 heterocycles. The molecule has 2 heteroatoms. The molecule has 0 N–H and O–H groups in total. The van der Waals surface area contributed by atoms with Crippen LogP contribution in [0.15, 0.2) is 231 Å². The Morgan fingerprint density at radius 2 is 0.595 bits per heavy atom. The maximum absolute atomic E-state index is 2.43. The first kappa shape index (κ1) is 55.8. The molecule has 9 aromatic carbocycles. The molecule has 0 aliphatic heterocycles. The molecule has 400 valence electrons. The minimum absolute atomic E-state index is 0.253. The summed E-state index contributed by atoms with van der Waals surface area (Å²) >= 11 is 0. The largest absolute Gasteiger partial charge is 0.311 e. The van der Waals surface area contributed by atoms with E-state index in [-0.39, 0.29) is 5.41 Å². The number of rotatable bonds is 24. The lowest BCUT2D eigenvalue weighted by Crippen LogP contribution is -2.25. The van der Waals surface area contributed by atoms with E-state index in [0.29, 0.717) is 0 Å². The predicted molar refractivity (Wildman–Crippen MR) is 345 cm³/mol. The van der Waals surface area contributed by atoms with Gasteiger partial charge < -0.3 is 9.80 Å². The quantitative estimate of drug-likeness (QED) is 0.0440. The van der Waals surface area contributed by atoms with Crippen molar-refractivity contribution in [3.05, 3.63) is 275 Å². The van der Waals surface area contributed by atoms with E-state index in [2.05, 4.69) is 292 Å². The number of anilines is 6. The average Bonchev–Trinajstić information content (AvgIpc) is 4.02. The van der Waals surface area contributed by atoms with Crippen LogP contribution in [0.5, 0.6) is 0 Å². The highest BCUT2D eigenvalue weighted by Crippen LogP contribution is 2.54. The van der Waals surface area contributed by atoms with E-state index in [9.17, 15) is 0 Å². The van der Waals surface area contributed by atoms with Gasteiger partial charge in [-0.05, 0) is 155 Å². The van der Waals surface area contributed by atoms with Gasteiger partial charge in [-0.1, -0.05) is 273 Å². The minimum atomic E-state index is 0.253. The van der Waals surface area contributed by atoms with Crippen LogP contribution in [0.2, 0.25) is 0 Å².